The molecule has 0 fully saturated rings. The van der Waals surface area contributed by atoms with Crippen molar-refractivity contribution in [2.75, 3.05) is 4.72 Å². The van der Waals surface area contributed by atoms with Gasteiger partial charge >= 0.3 is 22.4 Å². The Hall–Kier alpha value is -2.96. The molecule has 0 aliphatic carbocycles. The Morgan fingerprint density at radius 2 is 1.88 bits per heavy atom. The number of nitrogens with one attached hydrogen (secondary N) is 2. The number of rotatable bonds is 8. The third-order valence-corrected chi connectivity index (χ3v) is 4.95. The van der Waals surface area contributed by atoms with Gasteiger partial charge in [-0.1, -0.05) is 30.0 Å². The third kappa shape index (κ3) is 8.65. The van der Waals surface area contributed by atoms with E-state index in [9.17, 15) is 18.0 Å². The van der Waals surface area contributed by atoms with Gasteiger partial charge in [0.05, 0.1) is 17.4 Å². The molecule has 12 heteroatoms. The fourth-order valence-corrected chi connectivity index (χ4v) is 3.57. The molecule has 0 aliphatic heterocycles. The Labute approximate surface area is 190 Å². The van der Waals surface area contributed by atoms with E-state index in [1.807, 2.05) is 4.72 Å². The van der Waals surface area contributed by atoms with Crippen molar-refractivity contribution >= 4 is 39.4 Å². The number of nitrogens with zero attached hydrogens (tertiary/aromatic N) is 1. The molecule has 0 bridgehead atoms. The second kappa shape index (κ2) is 10.1. The van der Waals surface area contributed by atoms with Crippen molar-refractivity contribution in [3.8, 4) is 5.19 Å². The van der Waals surface area contributed by atoms with E-state index < -0.39 is 34.0 Å². The normalized spacial score (nSPS) is 12.5. The third-order valence-electron chi connectivity index (χ3n) is 3.72. The van der Waals surface area contributed by atoms with Gasteiger partial charge in [-0.2, -0.15) is 8.42 Å². The maximum atomic E-state index is 12.4. The fourth-order valence-electron chi connectivity index (χ4n) is 2.42. The standard InChI is InChI=1S/C20H25N3O7S2/c1-12(2)17(24)29-19-22-16(11-31-19)15(21-18(25)30-20(3,4)5)10-13-6-8-14(9-7-13)23-32(26,27)28/h6-9,11,15,23H,1,10H2,2-5H3,(H,21,25)(H,26,27,28)/t15-/m0/s1. The first-order chi connectivity index (χ1) is 14.7. The Morgan fingerprint density at radius 1 is 1.25 bits per heavy atom. The number of hydrogen-bond acceptors (Lipinski definition) is 8. The van der Waals surface area contributed by atoms with E-state index in [-0.39, 0.29) is 22.9 Å². The first kappa shape index (κ1) is 25.3. The molecule has 1 aromatic heterocycles. The number of ether oxygens (including phenoxy) is 2. The summed E-state index contributed by atoms with van der Waals surface area (Å²) in [6.07, 6.45) is -0.371. The predicted molar refractivity (Wildman–Crippen MR) is 120 cm³/mol. The van der Waals surface area contributed by atoms with E-state index in [1.165, 1.54) is 19.1 Å². The van der Waals surface area contributed by atoms with Crippen LogP contribution in [0.3, 0.4) is 0 Å². The van der Waals surface area contributed by atoms with Gasteiger partial charge in [0.2, 0.25) is 0 Å². The van der Waals surface area contributed by atoms with Crippen LogP contribution in [0.1, 0.15) is 45.0 Å². The van der Waals surface area contributed by atoms with E-state index in [2.05, 4.69) is 16.9 Å². The Balaban J connectivity index is 2.23. The van der Waals surface area contributed by atoms with Crippen LogP contribution in [0.15, 0.2) is 41.8 Å². The predicted octanol–water partition coefficient (Wildman–Crippen LogP) is 3.65. The van der Waals surface area contributed by atoms with E-state index >= 15 is 0 Å². The maximum Gasteiger partial charge on any atom is 0.408 e. The lowest BCUT2D eigenvalue weighted by Gasteiger charge is -2.23. The molecule has 3 N–H and O–H groups in total. The summed E-state index contributed by atoms with van der Waals surface area (Å²) in [5.74, 6) is -0.607. The summed E-state index contributed by atoms with van der Waals surface area (Å²) >= 11 is 1.09. The highest BCUT2D eigenvalue weighted by atomic mass is 32.2. The Morgan fingerprint density at radius 3 is 2.41 bits per heavy atom. The van der Waals surface area contributed by atoms with Crippen molar-refractivity contribution in [2.24, 2.45) is 0 Å². The van der Waals surface area contributed by atoms with Crippen LogP contribution in [0.5, 0.6) is 5.19 Å². The number of benzene rings is 1. The van der Waals surface area contributed by atoms with Gasteiger partial charge in [-0.3, -0.25) is 9.27 Å². The summed E-state index contributed by atoms with van der Waals surface area (Å²) in [4.78, 5) is 28.4. The van der Waals surface area contributed by atoms with Gasteiger partial charge in [-0.25, -0.2) is 14.6 Å². The molecule has 0 saturated carbocycles. The van der Waals surface area contributed by atoms with Gasteiger partial charge < -0.3 is 14.8 Å². The molecule has 10 nitrogen and oxygen atoms in total. The number of thiazole rings is 1. The molecule has 0 unspecified atom stereocenters. The number of alkyl carbamates (subject to hydrolysis) is 1. The van der Waals surface area contributed by atoms with E-state index in [0.717, 1.165) is 16.9 Å². The number of anilines is 1. The molecule has 0 spiro atoms. The molecular weight excluding hydrogens is 458 g/mol. The van der Waals surface area contributed by atoms with E-state index in [1.54, 1.807) is 38.3 Å². The minimum Gasteiger partial charge on any atom is -0.444 e. The average Bonchev–Trinajstić information content (AvgIpc) is 3.08. The molecule has 1 atom stereocenters. The first-order valence-corrected chi connectivity index (χ1v) is 11.7. The van der Waals surface area contributed by atoms with Gasteiger partial charge in [-0.05, 0) is 51.8 Å². The second-order valence-electron chi connectivity index (χ2n) is 7.89. The van der Waals surface area contributed by atoms with E-state index in [4.69, 9.17) is 14.0 Å². The van der Waals surface area contributed by atoms with Gasteiger partial charge in [0.25, 0.3) is 5.19 Å². The first-order valence-electron chi connectivity index (χ1n) is 9.38. The van der Waals surface area contributed by atoms with Gasteiger partial charge in [0.1, 0.15) is 5.60 Å². The highest BCUT2D eigenvalue weighted by Gasteiger charge is 2.23. The van der Waals surface area contributed by atoms with Crippen molar-refractivity contribution in [3.05, 3.63) is 53.1 Å². The Bertz CT molecular complexity index is 1090. The second-order valence-corrected chi connectivity index (χ2v) is 9.86. The zero-order chi connectivity index (χ0) is 24.1. The molecule has 1 amide bonds. The lowest BCUT2D eigenvalue weighted by Crippen LogP contribution is -2.36. The SMILES string of the molecule is C=C(C)C(=O)Oc1nc([C@H](Cc2ccc(NS(=O)(=O)O)cc2)NC(=O)OC(C)(C)C)cs1. The number of carbonyl (C=O) groups is 2. The molecule has 2 aromatic rings. The van der Waals surface area contributed by atoms with Crippen molar-refractivity contribution in [1.29, 1.82) is 0 Å². The van der Waals surface area contributed by atoms with Crippen molar-refractivity contribution in [1.82, 2.24) is 10.3 Å². The minimum atomic E-state index is -4.38. The quantitative estimate of drug-likeness (QED) is 0.293. The summed E-state index contributed by atoms with van der Waals surface area (Å²) in [6.45, 7) is 10.3. The maximum absolute atomic E-state index is 12.4. The molecular formula is C20H25N3O7S2. The number of amides is 1. The molecule has 2 rings (SSSR count). The topological polar surface area (TPSA) is 144 Å². The van der Waals surface area contributed by atoms with Crippen LogP contribution in [0.25, 0.3) is 0 Å². The van der Waals surface area contributed by atoms with Gasteiger partial charge in [0, 0.05) is 11.0 Å². The number of hydrogen-bond donors (Lipinski definition) is 3. The molecule has 0 aliphatic rings. The van der Waals surface area contributed by atoms with Crippen LogP contribution >= 0.6 is 11.3 Å². The Kier molecular flexibility index (Phi) is 7.99. The summed E-state index contributed by atoms with van der Waals surface area (Å²) < 4.78 is 43.2. The number of carbonyl (C=O) groups excluding carboxylic acids is 2. The lowest BCUT2D eigenvalue weighted by atomic mass is 10.0. The summed E-state index contributed by atoms with van der Waals surface area (Å²) in [6, 6.07) is 5.57. The molecule has 174 valence electrons. The van der Waals surface area contributed by atoms with Gasteiger partial charge in [-0.15, -0.1) is 0 Å². The molecule has 1 aromatic carbocycles. The van der Waals surface area contributed by atoms with Crippen LogP contribution in [0.2, 0.25) is 0 Å². The highest BCUT2D eigenvalue weighted by Crippen LogP contribution is 2.26. The van der Waals surface area contributed by atoms with E-state index in [0.29, 0.717) is 5.69 Å². The van der Waals surface area contributed by atoms with Crippen LogP contribution in [0.4, 0.5) is 10.5 Å². The number of esters is 1. The van der Waals surface area contributed by atoms with Crippen molar-refractivity contribution in [2.45, 2.75) is 45.8 Å². The van der Waals surface area contributed by atoms with Crippen LogP contribution in [0, 0.1) is 0 Å². The minimum absolute atomic E-state index is 0.108. The van der Waals surface area contributed by atoms with Crippen molar-refractivity contribution in [3.63, 3.8) is 0 Å². The number of aromatic nitrogens is 1. The fraction of sp³-hybridized carbons (Fsp3) is 0.350. The lowest BCUT2D eigenvalue weighted by molar-refractivity contribution is -0.130. The van der Waals surface area contributed by atoms with Crippen LogP contribution in [-0.4, -0.2) is 35.6 Å². The van der Waals surface area contributed by atoms with Gasteiger partial charge in [0.15, 0.2) is 0 Å². The smallest absolute Gasteiger partial charge is 0.408 e. The molecule has 1 heterocycles. The zero-order valence-corrected chi connectivity index (χ0v) is 19.7. The monoisotopic (exact) mass is 483 g/mol. The molecule has 0 radical (unpaired) electrons. The van der Waals surface area contributed by atoms with Crippen LogP contribution in [-0.2, 0) is 26.3 Å². The molecule has 32 heavy (non-hydrogen) atoms. The summed E-state index contributed by atoms with van der Waals surface area (Å²) in [5.41, 5.74) is 0.882. The zero-order valence-electron chi connectivity index (χ0n) is 18.0. The highest BCUT2D eigenvalue weighted by molar-refractivity contribution is 7.87. The largest absolute Gasteiger partial charge is 0.444 e. The summed E-state index contributed by atoms with van der Waals surface area (Å²) in [5, 5.41) is 4.51. The molecule has 0 saturated heterocycles. The van der Waals surface area contributed by atoms with Crippen molar-refractivity contribution < 1.29 is 32.0 Å². The summed E-state index contributed by atoms with van der Waals surface area (Å²) in [7, 11) is -4.38. The average molecular weight is 484 g/mol. The van der Waals surface area contributed by atoms with Crippen LogP contribution < -0.4 is 14.8 Å².